The van der Waals surface area contributed by atoms with Crippen LogP contribution >= 0.6 is 0 Å². The van der Waals surface area contributed by atoms with Gasteiger partial charge in [0.25, 0.3) is 0 Å². The molecule has 2 heteroatoms. The van der Waals surface area contributed by atoms with E-state index in [2.05, 4.69) is 11.1 Å². The summed E-state index contributed by atoms with van der Waals surface area (Å²) in [5, 5.41) is 0. The smallest absolute Gasteiger partial charge is 0.0299 e. The molecule has 0 saturated heterocycles. The van der Waals surface area contributed by atoms with Crippen LogP contribution in [0, 0.1) is 0 Å². The summed E-state index contributed by atoms with van der Waals surface area (Å²) >= 11 is 0. The largest absolute Gasteiger partial charge is 0.330 e. The van der Waals surface area contributed by atoms with Gasteiger partial charge in [-0.2, -0.15) is 0 Å². The summed E-state index contributed by atoms with van der Waals surface area (Å²) in [6, 6.07) is 4.07. The molecule has 0 saturated carbocycles. The maximum atomic E-state index is 5.38. The maximum absolute atomic E-state index is 5.38. The highest BCUT2D eigenvalue weighted by Crippen LogP contribution is 2.01. The van der Waals surface area contributed by atoms with Crippen molar-refractivity contribution in [3.63, 3.8) is 0 Å². The number of nitrogens with zero attached hydrogens (tertiary/aromatic N) is 1. The van der Waals surface area contributed by atoms with Crippen molar-refractivity contribution >= 4 is 0 Å². The van der Waals surface area contributed by atoms with Crippen LogP contribution in [0.4, 0.5) is 0 Å². The molecule has 0 aliphatic carbocycles. The third-order valence-electron chi connectivity index (χ3n) is 1.64. The maximum Gasteiger partial charge on any atom is 0.0299 e. The van der Waals surface area contributed by atoms with Crippen LogP contribution in [0.2, 0.25) is 0 Å². The molecule has 0 unspecified atom stereocenters. The van der Waals surface area contributed by atoms with E-state index in [9.17, 15) is 0 Å². The van der Waals surface area contributed by atoms with Crippen molar-refractivity contribution in [1.82, 2.24) is 4.98 Å². The summed E-state index contributed by atoms with van der Waals surface area (Å²) in [6.45, 7) is 0.792. The Morgan fingerprint density at radius 2 is 2.27 bits per heavy atom. The van der Waals surface area contributed by atoms with Crippen molar-refractivity contribution in [2.24, 2.45) is 5.73 Å². The van der Waals surface area contributed by atoms with Gasteiger partial charge in [-0.1, -0.05) is 6.07 Å². The molecule has 0 spiro atoms. The van der Waals surface area contributed by atoms with E-state index >= 15 is 0 Å². The first-order chi connectivity index (χ1) is 5.43. The highest BCUT2D eigenvalue weighted by atomic mass is 14.6. The van der Waals surface area contributed by atoms with E-state index in [4.69, 9.17) is 5.73 Å². The summed E-state index contributed by atoms with van der Waals surface area (Å²) in [7, 11) is 0. The highest BCUT2D eigenvalue weighted by Gasteiger charge is 1.90. The second-order valence-electron chi connectivity index (χ2n) is 2.61. The van der Waals surface area contributed by atoms with E-state index in [1.54, 1.807) is 6.20 Å². The van der Waals surface area contributed by atoms with Gasteiger partial charge in [-0.15, -0.1) is 0 Å². The normalized spacial score (nSPS) is 9.91. The molecular formula is C9H14N2. The number of unbranched alkanes of at least 4 members (excludes halogenated alkanes) is 1. The Morgan fingerprint density at radius 1 is 1.36 bits per heavy atom. The number of nitrogens with two attached hydrogens (primary N) is 1. The number of aromatic nitrogens is 1. The second-order valence-corrected chi connectivity index (χ2v) is 2.61. The lowest BCUT2D eigenvalue weighted by Gasteiger charge is -1.97. The fraction of sp³-hybridized carbons (Fsp3) is 0.444. The van der Waals surface area contributed by atoms with E-state index in [1.807, 2.05) is 12.3 Å². The summed E-state index contributed by atoms with van der Waals surface area (Å²) in [4.78, 5) is 4.03. The quantitative estimate of drug-likeness (QED) is 0.658. The summed E-state index contributed by atoms with van der Waals surface area (Å²) < 4.78 is 0. The average Bonchev–Trinajstić information content (AvgIpc) is 2.07. The van der Waals surface area contributed by atoms with Gasteiger partial charge in [-0.25, -0.2) is 0 Å². The molecule has 2 N–H and O–H groups in total. The molecule has 0 aromatic carbocycles. The Bertz CT molecular complexity index is 184. The average molecular weight is 150 g/mol. The fourth-order valence-corrected chi connectivity index (χ4v) is 1.02. The third kappa shape index (κ3) is 3.14. The first-order valence-corrected chi connectivity index (χ1v) is 4.02. The van der Waals surface area contributed by atoms with Crippen LogP contribution < -0.4 is 5.73 Å². The molecule has 0 radical (unpaired) electrons. The zero-order valence-corrected chi connectivity index (χ0v) is 6.66. The lowest BCUT2D eigenvalue weighted by atomic mass is 10.1. The van der Waals surface area contributed by atoms with Crippen LogP contribution in [0.5, 0.6) is 0 Å². The monoisotopic (exact) mass is 150 g/mol. The van der Waals surface area contributed by atoms with E-state index in [0.29, 0.717) is 0 Å². The van der Waals surface area contributed by atoms with Crippen molar-refractivity contribution in [3.8, 4) is 0 Å². The van der Waals surface area contributed by atoms with E-state index in [0.717, 1.165) is 19.4 Å². The first kappa shape index (κ1) is 8.21. The van der Waals surface area contributed by atoms with Gasteiger partial charge in [0.1, 0.15) is 0 Å². The Labute approximate surface area is 67.5 Å². The SMILES string of the molecule is NCCCCc1cccnc1. The topological polar surface area (TPSA) is 38.9 Å². The summed E-state index contributed by atoms with van der Waals surface area (Å²) in [5.74, 6) is 0. The lowest BCUT2D eigenvalue weighted by Crippen LogP contribution is -1.98. The van der Waals surface area contributed by atoms with Crippen LogP contribution in [0.1, 0.15) is 18.4 Å². The third-order valence-corrected chi connectivity index (χ3v) is 1.64. The summed E-state index contributed by atoms with van der Waals surface area (Å²) in [5.41, 5.74) is 6.68. The van der Waals surface area contributed by atoms with E-state index in [-0.39, 0.29) is 0 Å². The zero-order chi connectivity index (χ0) is 7.94. The highest BCUT2D eigenvalue weighted by molar-refractivity contribution is 5.08. The predicted octanol–water partition coefficient (Wildman–Crippen LogP) is 1.36. The van der Waals surface area contributed by atoms with Gasteiger partial charge in [-0.3, -0.25) is 4.98 Å². The number of hydrogen-bond acceptors (Lipinski definition) is 2. The molecule has 0 bridgehead atoms. The fourth-order valence-electron chi connectivity index (χ4n) is 1.02. The van der Waals surface area contributed by atoms with Crippen LogP contribution in [0.25, 0.3) is 0 Å². The standard InChI is InChI=1S/C9H14N2/c10-6-2-1-4-9-5-3-7-11-8-9/h3,5,7-8H,1-2,4,6,10H2. The number of hydrogen-bond donors (Lipinski definition) is 1. The molecule has 1 heterocycles. The van der Waals surface area contributed by atoms with Gasteiger partial charge in [0, 0.05) is 12.4 Å². The van der Waals surface area contributed by atoms with Gasteiger partial charge in [0.15, 0.2) is 0 Å². The molecule has 0 amide bonds. The van der Waals surface area contributed by atoms with Crippen molar-refractivity contribution in [3.05, 3.63) is 30.1 Å². The molecule has 1 aromatic rings. The molecule has 0 aliphatic rings. The van der Waals surface area contributed by atoms with Crippen molar-refractivity contribution in [2.45, 2.75) is 19.3 Å². The van der Waals surface area contributed by atoms with Crippen LogP contribution in [-0.4, -0.2) is 11.5 Å². The van der Waals surface area contributed by atoms with Crippen molar-refractivity contribution in [2.75, 3.05) is 6.54 Å². The number of pyridine rings is 1. The van der Waals surface area contributed by atoms with Gasteiger partial charge < -0.3 is 5.73 Å². The van der Waals surface area contributed by atoms with Crippen LogP contribution in [0.15, 0.2) is 24.5 Å². The Morgan fingerprint density at radius 3 is 2.91 bits per heavy atom. The minimum absolute atomic E-state index is 0.792. The van der Waals surface area contributed by atoms with Gasteiger partial charge in [-0.05, 0) is 37.4 Å². The van der Waals surface area contributed by atoms with E-state index < -0.39 is 0 Å². The Balaban J connectivity index is 2.28. The number of aryl methyl sites for hydroxylation is 1. The summed E-state index contributed by atoms with van der Waals surface area (Å²) in [6.07, 6.45) is 7.09. The molecule has 2 nitrogen and oxygen atoms in total. The van der Waals surface area contributed by atoms with Crippen molar-refractivity contribution in [1.29, 1.82) is 0 Å². The molecule has 1 rings (SSSR count). The van der Waals surface area contributed by atoms with Crippen molar-refractivity contribution < 1.29 is 0 Å². The zero-order valence-electron chi connectivity index (χ0n) is 6.66. The number of rotatable bonds is 4. The molecule has 11 heavy (non-hydrogen) atoms. The molecular weight excluding hydrogens is 136 g/mol. The Kier molecular flexibility index (Phi) is 3.62. The van der Waals surface area contributed by atoms with Crippen LogP contribution in [-0.2, 0) is 6.42 Å². The molecule has 0 fully saturated rings. The lowest BCUT2D eigenvalue weighted by molar-refractivity contribution is 0.743. The van der Waals surface area contributed by atoms with Crippen LogP contribution in [0.3, 0.4) is 0 Å². The predicted molar refractivity (Wildman–Crippen MR) is 46.2 cm³/mol. The first-order valence-electron chi connectivity index (χ1n) is 4.02. The molecule has 1 aromatic heterocycles. The van der Waals surface area contributed by atoms with Gasteiger partial charge in [0.05, 0.1) is 0 Å². The molecule has 60 valence electrons. The van der Waals surface area contributed by atoms with Gasteiger partial charge >= 0.3 is 0 Å². The minimum atomic E-state index is 0.792. The van der Waals surface area contributed by atoms with Gasteiger partial charge in [0.2, 0.25) is 0 Å². The molecule has 0 aliphatic heterocycles. The minimum Gasteiger partial charge on any atom is -0.330 e. The van der Waals surface area contributed by atoms with E-state index in [1.165, 1.54) is 12.0 Å². The second kappa shape index (κ2) is 4.85. The Hall–Kier alpha value is -0.890. The molecule has 0 atom stereocenters.